The molecule has 1 aromatic carbocycles. The lowest BCUT2D eigenvalue weighted by molar-refractivity contribution is 0.371. The normalized spacial score (nSPS) is 9.50. The van der Waals surface area contributed by atoms with Crippen LogP contribution in [0.2, 0.25) is 0 Å². The second-order valence-corrected chi connectivity index (χ2v) is 1.67. The van der Waals surface area contributed by atoms with Crippen LogP contribution in [0.15, 0.2) is 12.1 Å². The zero-order chi connectivity index (χ0) is 7.56. The average molecular weight is 143 g/mol. The highest BCUT2D eigenvalue weighted by Crippen LogP contribution is 2.17. The maximum Gasteiger partial charge on any atom is 0.201 e. The molecule has 3 heteroatoms. The van der Waals surface area contributed by atoms with Crippen LogP contribution in [0.3, 0.4) is 0 Å². The van der Waals surface area contributed by atoms with E-state index < -0.39 is 11.6 Å². The molecular weight excluding hydrogens is 138 g/mol. The Balaban J connectivity index is 3.14. The first-order chi connectivity index (χ1) is 4.75. The van der Waals surface area contributed by atoms with Crippen LogP contribution in [0.25, 0.3) is 0 Å². The molecule has 0 saturated heterocycles. The smallest absolute Gasteiger partial charge is 0.201 e. The fourth-order valence-electron chi connectivity index (χ4n) is 0.593. The number of hydrogen-bond donors (Lipinski definition) is 0. The summed E-state index contributed by atoms with van der Waals surface area (Å²) in [4.78, 5) is 0. The lowest BCUT2D eigenvalue weighted by Gasteiger charge is -1.99. The standard InChI is InChI=1S/C7H5F2O/c1-10-6-4-2-3-5(8)7(6)9/h2,4H,1H3. The molecule has 0 unspecified atom stereocenters. The summed E-state index contributed by atoms with van der Waals surface area (Å²) >= 11 is 0. The van der Waals surface area contributed by atoms with E-state index in [4.69, 9.17) is 0 Å². The Morgan fingerprint density at radius 3 is 2.70 bits per heavy atom. The van der Waals surface area contributed by atoms with Gasteiger partial charge in [0.15, 0.2) is 11.6 Å². The SMILES string of the molecule is COc1cc[c]c(F)c1F. The van der Waals surface area contributed by atoms with E-state index in [1.54, 1.807) is 0 Å². The van der Waals surface area contributed by atoms with E-state index in [1.807, 2.05) is 0 Å². The molecule has 0 atom stereocenters. The van der Waals surface area contributed by atoms with E-state index in [9.17, 15) is 8.78 Å². The number of rotatable bonds is 1. The minimum absolute atomic E-state index is 0.101. The van der Waals surface area contributed by atoms with Crippen LogP contribution in [0.5, 0.6) is 5.75 Å². The highest BCUT2D eigenvalue weighted by Gasteiger charge is 2.06. The van der Waals surface area contributed by atoms with Crippen LogP contribution in [-0.4, -0.2) is 7.11 Å². The molecule has 0 aliphatic heterocycles. The molecule has 0 bridgehead atoms. The van der Waals surface area contributed by atoms with Gasteiger partial charge in [-0.2, -0.15) is 4.39 Å². The summed E-state index contributed by atoms with van der Waals surface area (Å²) in [5.74, 6) is -2.11. The van der Waals surface area contributed by atoms with Crippen molar-refractivity contribution < 1.29 is 13.5 Å². The molecular formula is C7H5F2O. The van der Waals surface area contributed by atoms with E-state index in [0.29, 0.717) is 0 Å². The van der Waals surface area contributed by atoms with Crippen LogP contribution in [0, 0.1) is 17.7 Å². The van der Waals surface area contributed by atoms with E-state index in [-0.39, 0.29) is 5.75 Å². The van der Waals surface area contributed by atoms with Crippen LogP contribution < -0.4 is 4.74 Å². The van der Waals surface area contributed by atoms with Crippen LogP contribution >= 0.6 is 0 Å². The minimum Gasteiger partial charge on any atom is -0.494 e. The molecule has 10 heavy (non-hydrogen) atoms. The topological polar surface area (TPSA) is 9.23 Å². The largest absolute Gasteiger partial charge is 0.494 e. The predicted molar refractivity (Wildman–Crippen MR) is 31.7 cm³/mol. The van der Waals surface area contributed by atoms with Gasteiger partial charge in [0.05, 0.1) is 7.11 Å². The molecule has 0 saturated carbocycles. The Morgan fingerprint density at radius 1 is 1.50 bits per heavy atom. The van der Waals surface area contributed by atoms with Crippen molar-refractivity contribution in [1.29, 1.82) is 0 Å². The predicted octanol–water partition coefficient (Wildman–Crippen LogP) is 1.77. The summed E-state index contributed by atoms with van der Waals surface area (Å²) in [7, 11) is 1.28. The Morgan fingerprint density at radius 2 is 2.20 bits per heavy atom. The Bertz CT molecular complexity index is 235. The number of ether oxygens (including phenoxy) is 1. The summed E-state index contributed by atoms with van der Waals surface area (Å²) in [6.45, 7) is 0. The first kappa shape index (κ1) is 6.99. The number of methoxy groups -OCH3 is 1. The van der Waals surface area contributed by atoms with Crippen molar-refractivity contribution in [3.63, 3.8) is 0 Å². The van der Waals surface area contributed by atoms with Crippen LogP contribution in [0.4, 0.5) is 8.78 Å². The fourth-order valence-corrected chi connectivity index (χ4v) is 0.593. The maximum atomic E-state index is 12.5. The third-order valence-electron chi connectivity index (χ3n) is 1.07. The number of benzene rings is 1. The number of halogens is 2. The fraction of sp³-hybridized carbons (Fsp3) is 0.143. The Labute approximate surface area is 57.2 Å². The maximum absolute atomic E-state index is 12.5. The van der Waals surface area contributed by atoms with Crippen molar-refractivity contribution in [1.82, 2.24) is 0 Å². The van der Waals surface area contributed by atoms with Crippen LogP contribution in [-0.2, 0) is 0 Å². The molecule has 53 valence electrons. The van der Waals surface area contributed by atoms with E-state index >= 15 is 0 Å². The summed E-state index contributed by atoms with van der Waals surface area (Å²) in [6, 6.07) is 4.62. The number of hydrogen-bond acceptors (Lipinski definition) is 1. The molecule has 0 fully saturated rings. The van der Waals surface area contributed by atoms with Gasteiger partial charge in [0, 0.05) is 6.07 Å². The molecule has 0 aromatic heterocycles. The van der Waals surface area contributed by atoms with Crippen molar-refractivity contribution in [3.8, 4) is 5.75 Å². The van der Waals surface area contributed by atoms with Gasteiger partial charge in [-0.1, -0.05) is 0 Å². The van der Waals surface area contributed by atoms with E-state index in [2.05, 4.69) is 10.8 Å². The average Bonchev–Trinajstić information content (AvgIpc) is 1.95. The molecule has 0 N–H and O–H groups in total. The summed E-state index contributed by atoms with van der Waals surface area (Å²) in [5, 5.41) is 0. The third-order valence-corrected chi connectivity index (χ3v) is 1.07. The van der Waals surface area contributed by atoms with Crippen molar-refractivity contribution >= 4 is 0 Å². The second kappa shape index (κ2) is 2.64. The van der Waals surface area contributed by atoms with Gasteiger partial charge < -0.3 is 4.74 Å². The van der Waals surface area contributed by atoms with Gasteiger partial charge in [0.25, 0.3) is 0 Å². The molecule has 0 aliphatic rings. The molecule has 1 aromatic rings. The molecule has 0 heterocycles. The van der Waals surface area contributed by atoms with Gasteiger partial charge >= 0.3 is 0 Å². The lowest BCUT2D eigenvalue weighted by atomic mass is 10.3. The first-order valence-electron chi connectivity index (χ1n) is 2.65. The summed E-state index contributed by atoms with van der Waals surface area (Å²) < 4.78 is 29.2. The Kier molecular flexibility index (Phi) is 1.85. The molecule has 0 spiro atoms. The van der Waals surface area contributed by atoms with Crippen molar-refractivity contribution in [3.05, 3.63) is 29.8 Å². The van der Waals surface area contributed by atoms with E-state index in [0.717, 1.165) is 0 Å². The third kappa shape index (κ3) is 1.07. The van der Waals surface area contributed by atoms with Gasteiger partial charge in [-0.15, -0.1) is 0 Å². The summed E-state index contributed by atoms with van der Waals surface area (Å²) in [5.41, 5.74) is 0. The van der Waals surface area contributed by atoms with Gasteiger partial charge in [-0.25, -0.2) is 4.39 Å². The molecule has 0 aliphatic carbocycles. The minimum atomic E-state index is -1.01. The second-order valence-electron chi connectivity index (χ2n) is 1.67. The van der Waals surface area contributed by atoms with Crippen LogP contribution in [0.1, 0.15) is 0 Å². The zero-order valence-corrected chi connectivity index (χ0v) is 5.32. The molecule has 0 amide bonds. The van der Waals surface area contributed by atoms with Crippen molar-refractivity contribution in [2.75, 3.05) is 7.11 Å². The lowest BCUT2D eigenvalue weighted by Crippen LogP contribution is -1.90. The van der Waals surface area contributed by atoms with Gasteiger partial charge in [-0.05, 0) is 12.1 Å². The van der Waals surface area contributed by atoms with Gasteiger partial charge in [0.1, 0.15) is 0 Å². The zero-order valence-electron chi connectivity index (χ0n) is 5.32. The van der Waals surface area contributed by atoms with Crippen molar-refractivity contribution in [2.45, 2.75) is 0 Å². The van der Waals surface area contributed by atoms with Gasteiger partial charge in [-0.3, -0.25) is 0 Å². The quantitative estimate of drug-likeness (QED) is 0.582. The summed E-state index contributed by atoms with van der Waals surface area (Å²) in [6.07, 6.45) is 0. The molecule has 1 radical (unpaired) electrons. The first-order valence-corrected chi connectivity index (χ1v) is 2.65. The van der Waals surface area contributed by atoms with Gasteiger partial charge in [0.2, 0.25) is 5.82 Å². The highest BCUT2D eigenvalue weighted by molar-refractivity contribution is 5.23. The van der Waals surface area contributed by atoms with E-state index in [1.165, 1.54) is 19.2 Å². The van der Waals surface area contributed by atoms with Crippen molar-refractivity contribution in [2.24, 2.45) is 0 Å². The highest BCUT2D eigenvalue weighted by atomic mass is 19.2. The molecule has 1 rings (SSSR count). The monoisotopic (exact) mass is 143 g/mol. The Hall–Kier alpha value is -1.12. The molecule has 1 nitrogen and oxygen atoms in total.